The first-order valence-corrected chi connectivity index (χ1v) is 7.21. The summed E-state index contributed by atoms with van der Waals surface area (Å²) in [5.74, 6) is 0. The molecule has 3 atom stereocenters. The van der Waals surface area contributed by atoms with E-state index in [2.05, 4.69) is 0 Å². The molecule has 0 aromatic rings. The van der Waals surface area contributed by atoms with Crippen molar-refractivity contribution in [2.45, 2.75) is 47.8 Å². The van der Waals surface area contributed by atoms with Crippen molar-refractivity contribution in [3.63, 3.8) is 0 Å². The summed E-state index contributed by atoms with van der Waals surface area (Å²) in [7, 11) is -1.48. The van der Waals surface area contributed by atoms with Crippen molar-refractivity contribution < 1.29 is 18.3 Å². The summed E-state index contributed by atoms with van der Waals surface area (Å²) in [6.07, 6.45) is 1.84. The molecule has 0 aromatic heterocycles. The van der Waals surface area contributed by atoms with Crippen molar-refractivity contribution in [1.82, 2.24) is 0 Å². The standard InChI is InChI=1S/C10H19NO4S/c1-15-6-9(11)10(12)4-7-2-3-8(5-10)16(7,13)14/h7-9,12H,2-6,11H2,1H3. The van der Waals surface area contributed by atoms with Crippen LogP contribution in [-0.4, -0.2) is 49.4 Å². The third kappa shape index (κ3) is 1.77. The molecule has 3 unspecified atom stereocenters. The fraction of sp³-hybridized carbons (Fsp3) is 1.00. The fourth-order valence-electron chi connectivity index (χ4n) is 2.92. The minimum Gasteiger partial charge on any atom is -0.388 e. The van der Waals surface area contributed by atoms with E-state index in [9.17, 15) is 13.5 Å². The molecule has 2 aliphatic rings. The van der Waals surface area contributed by atoms with E-state index in [1.165, 1.54) is 7.11 Å². The van der Waals surface area contributed by atoms with Crippen LogP contribution in [0.5, 0.6) is 0 Å². The number of aliphatic hydroxyl groups is 1. The zero-order valence-corrected chi connectivity index (χ0v) is 10.2. The predicted molar refractivity (Wildman–Crippen MR) is 59.8 cm³/mol. The Kier molecular flexibility index (Phi) is 3.03. The van der Waals surface area contributed by atoms with Gasteiger partial charge in [0.05, 0.1) is 28.7 Å². The number of sulfone groups is 1. The highest BCUT2D eigenvalue weighted by molar-refractivity contribution is 7.93. The topological polar surface area (TPSA) is 89.6 Å². The van der Waals surface area contributed by atoms with Crippen molar-refractivity contribution in [2.24, 2.45) is 5.73 Å². The first-order valence-electron chi connectivity index (χ1n) is 5.60. The van der Waals surface area contributed by atoms with Gasteiger partial charge in [-0.15, -0.1) is 0 Å². The van der Waals surface area contributed by atoms with E-state index in [1.54, 1.807) is 0 Å². The van der Waals surface area contributed by atoms with Crippen LogP contribution in [0.15, 0.2) is 0 Å². The largest absolute Gasteiger partial charge is 0.388 e. The molecule has 2 rings (SSSR count). The third-order valence-corrected chi connectivity index (χ3v) is 6.60. The van der Waals surface area contributed by atoms with E-state index >= 15 is 0 Å². The summed E-state index contributed by atoms with van der Waals surface area (Å²) in [6.45, 7) is 0.260. The summed E-state index contributed by atoms with van der Waals surface area (Å²) < 4.78 is 28.7. The highest BCUT2D eigenvalue weighted by Gasteiger charge is 2.54. The molecule has 0 amide bonds. The van der Waals surface area contributed by atoms with Crippen LogP contribution in [0, 0.1) is 0 Å². The molecule has 0 spiro atoms. The number of methoxy groups -OCH3 is 1. The quantitative estimate of drug-likeness (QED) is 0.699. The van der Waals surface area contributed by atoms with E-state index in [0.717, 1.165) is 0 Å². The normalized spacial score (nSPS) is 43.2. The van der Waals surface area contributed by atoms with Gasteiger partial charge >= 0.3 is 0 Å². The van der Waals surface area contributed by atoms with Gasteiger partial charge in [-0.25, -0.2) is 8.42 Å². The molecule has 16 heavy (non-hydrogen) atoms. The zero-order chi connectivity index (χ0) is 12.0. The van der Waals surface area contributed by atoms with Gasteiger partial charge in [0.1, 0.15) is 0 Å². The van der Waals surface area contributed by atoms with Crippen LogP contribution in [0.25, 0.3) is 0 Å². The van der Waals surface area contributed by atoms with E-state index in [-0.39, 0.29) is 19.4 Å². The number of hydrogen-bond donors (Lipinski definition) is 2. The van der Waals surface area contributed by atoms with Crippen LogP contribution >= 0.6 is 0 Å². The maximum atomic E-state index is 11.9. The second-order valence-electron chi connectivity index (χ2n) is 4.98. The number of rotatable bonds is 3. The number of hydrogen-bond acceptors (Lipinski definition) is 5. The van der Waals surface area contributed by atoms with Crippen LogP contribution in [0.3, 0.4) is 0 Å². The fourth-order valence-corrected chi connectivity index (χ4v) is 5.43. The lowest BCUT2D eigenvalue weighted by Crippen LogP contribution is -2.57. The van der Waals surface area contributed by atoms with Gasteiger partial charge in [0.25, 0.3) is 0 Å². The Morgan fingerprint density at radius 3 is 2.38 bits per heavy atom. The van der Waals surface area contributed by atoms with Gasteiger partial charge in [-0.05, 0) is 25.7 Å². The summed E-state index contributed by atoms with van der Waals surface area (Å²) >= 11 is 0. The molecule has 2 saturated heterocycles. The monoisotopic (exact) mass is 249 g/mol. The molecule has 2 bridgehead atoms. The molecule has 0 aromatic carbocycles. The Hall–Kier alpha value is -0.170. The van der Waals surface area contributed by atoms with Crippen LogP contribution in [0.1, 0.15) is 25.7 Å². The molecular formula is C10H19NO4S. The van der Waals surface area contributed by atoms with Crippen molar-refractivity contribution in [1.29, 1.82) is 0 Å². The third-order valence-electron chi connectivity index (χ3n) is 3.94. The van der Waals surface area contributed by atoms with Crippen LogP contribution in [0.2, 0.25) is 0 Å². The Labute approximate surface area is 95.9 Å². The molecule has 5 nitrogen and oxygen atoms in total. The average Bonchev–Trinajstić information content (AvgIpc) is 2.40. The van der Waals surface area contributed by atoms with Crippen molar-refractivity contribution in [3.8, 4) is 0 Å². The van der Waals surface area contributed by atoms with E-state index in [4.69, 9.17) is 10.5 Å². The number of ether oxygens (including phenoxy) is 1. The molecule has 94 valence electrons. The second kappa shape index (κ2) is 3.94. The smallest absolute Gasteiger partial charge is 0.156 e. The lowest BCUT2D eigenvalue weighted by molar-refractivity contribution is -0.0255. The minimum absolute atomic E-state index is 0.260. The molecule has 2 fully saturated rings. The van der Waals surface area contributed by atoms with Gasteiger partial charge in [-0.3, -0.25) is 0 Å². The first-order chi connectivity index (χ1) is 7.40. The van der Waals surface area contributed by atoms with Crippen LogP contribution in [-0.2, 0) is 14.6 Å². The molecule has 6 heteroatoms. The van der Waals surface area contributed by atoms with Crippen LogP contribution < -0.4 is 5.73 Å². The van der Waals surface area contributed by atoms with Gasteiger partial charge in [-0.1, -0.05) is 0 Å². The van der Waals surface area contributed by atoms with E-state index < -0.39 is 32.0 Å². The molecule has 0 aliphatic carbocycles. The number of nitrogens with two attached hydrogens (primary N) is 1. The highest BCUT2D eigenvalue weighted by Crippen LogP contribution is 2.44. The predicted octanol–water partition coefficient (Wildman–Crippen LogP) is -0.569. The lowest BCUT2D eigenvalue weighted by atomic mass is 9.86. The SMILES string of the molecule is COCC(N)C1(O)CC2CCC(C1)S2(=O)=O. The number of fused-ring (bicyclic) bond motifs is 2. The summed E-state index contributed by atoms with van der Waals surface area (Å²) in [5.41, 5.74) is 4.79. The van der Waals surface area contributed by atoms with E-state index in [1.807, 2.05) is 0 Å². The summed E-state index contributed by atoms with van der Waals surface area (Å²) in [4.78, 5) is 0. The van der Waals surface area contributed by atoms with Gasteiger partial charge < -0.3 is 15.6 Å². The van der Waals surface area contributed by atoms with Gasteiger partial charge in [0, 0.05) is 7.11 Å². The molecule has 3 N–H and O–H groups in total. The lowest BCUT2D eigenvalue weighted by Gasteiger charge is -2.39. The second-order valence-corrected chi connectivity index (χ2v) is 7.50. The van der Waals surface area contributed by atoms with Crippen LogP contribution in [0.4, 0.5) is 0 Å². The molecular weight excluding hydrogens is 230 g/mol. The van der Waals surface area contributed by atoms with Crippen molar-refractivity contribution in [2.75, 3.05) is 13.7 Å². The molecule has 0 radical (unpaired) electrons. The minimum atomic E-state index is -3.00. The maximum absolute atomic E-state index is 11.9. The zero-order valence-electron chi connectivity index (χ0n) is 9.43. The first kappa shape index (κ1) is 12.3. The Balaban J connectivity index is 2.18. The summed E-state index contributed by atoms with van der Waals surface area (Å²) in [6, 6.07) is -0.504. The van der Waals surface area contributed by atoms with E-state index in [0.29, 0.717) is 12.8 Å². The molecule has 2 aliphatic heterocycles. The average molecular weight is 249 g/mol. The summed E-state index contributed by atoms with van der Waals surface area (Å²) in [5, 5.41) is 9.61. The van der Waals surface area contributed by atoms with Crippen molar-refractivity contribution in [3.05, 3.63) is 0 Å². The van der Waals surface area contributed by atoms with Gasteiger partial charge in [-0.2, -0.15) is 0 Å². The Bertz CT molecular complexity index is 347. The van der Waals surface area contributed by atoms with Gasteiger partial charge in [0.15, 0.2) is 9.84 Å². The van der Waals surface area contributed by atoms with Gasteiger partial charge in [0.2, 0.25) is 0 Å². The maximum Gasteiger partial charge on any atom is 0.156 e. The molecule has 0 saturated carbocycles. The Morgan fingerprint density at radius 1 is 1.44 bits per heavy atom. The highest BCUT2D eigenvalue weighted by atomic mass is 32.2. The Morgan fingerprint density at radius 2 is 1.94 bits per heavy atom. The van der Waals surface area contributed by atoms with Crippen molar-refractivity contribution >= 4 is 9.84 Å². The molecule has 2 heterocycles.